The van der Waals surface area contributed by atoms with Gasteiger partial charge in [0.1, 0.15) is 0 Å². The molecule has 0 saturated carbocycles. The Hall–Kier alpha value is -2.66. The molecule has 8 heteroatoms. The topological polar surface area (TPSA) is 105 Å². The van der Waals surface area contributed by atoms with Crippen LogP contribution in [0.25, 0.3) is 6.08 Å². The molecule has 0 unspecified atom stereocenters. The maximum Gasteiger partial charge on any atom is 0.331 e. The quantitative estimate of drug-likeness (QED) is 0.545. The van der Waals surface area contributed by atoms with Crippen LogP contribution in [0, 0.1) is 11.3 Å². The largest absolute Gasteiger partial charge is 0.452 e. The molecule has 1 saturated heterocycles. The summed E-state index contributed by atoms with van der Waals surface area (Å²) in [6, 6.07) is 8.28. The number of hydrogen-bond acceptors (Lipinski definition) is 6. The zero-order valence-electron chi connectivity index (χ0n) is 14.4. The van der Waals surface area contributed by atoms with Gasteiger partial charge in [0.2, 0.25) is 0 Å². The molecule has 26 heavy (non-hydrogen) atoms. The van der Waals surface area contributed by atoms with Gasteiger partial charge in [-0.1, -0.05) is 12.1 Å². The van der Waals surface area contributed by atoms with Crippen molar-refractivity contribution < 1.29 is 22.7 Å². The van der Waals surface area contributed by atoms with Gasteiger partial charge in [0, 0.05) is 18.7 Å². The van der Waals surface area contributed by atoms with Crippen molar-refractivity contribution in [2.75, 3.05) is 24.7 Å². The average Bonchev–Trinajstić information content (AvgIpc) is 2.98. The number of amides is 1. The number of esters is 1. The van der Waals surface area contributed by atoms with E-state index in [-0.39, 0.29) is 17.5 Å². The second kappa shape index (κ2) is 8.63. The number of ether oxygens (including phenoxy) is 1. The predicted molar refractivity (Wildman–Crippen MR) is 95.6 cm³/mol. The predicted octanol–water partition coefficient (Wildman–Crippen LogP) is 1.15. The number of carbonyl (C=O) groups is 2. The van der Waals surface area contributed by atoms with E-state index in [0.29, 0.717) is 18.5 Å². The van der Waals surface area contributed by atoms with Crippen LogP contribution in [0.2, 0.25) is 0 Å². The molecule has 0 bridgehead atoms. The van der Waals surface area contributed by atoms with Crippen molar-refractivity contribution >= 4 is 27.8 Å². The van der Waals surface area contributed by atoms with Crippen molar-refractivity contribution in [1.82, 2.24) is 4.90 Å². The third-order valence-electron chi connectivity index (χ3n) is 4.10. The minimum atomic E-state index is -3.09. The summed E-state index contributed by atoms with van der Waals surface area (Å²) in [4.78, 5) is 25.4. The molecule has 1 aliphatic heterocycles. The highest BCUT2D eigenvalue weighted by Crippen LogP contribution is 2.17. The van der Waals surface area contributed by atoms with Gasteiger partial charge in [-0.25, -0.2) is 13.2 Å². The number of benzene rings is 1. The molecule has 1 amide bonds. The first-order valence-corrected chi connectivity index (χ1v) is 10.0. The molecule has 138 valence electrons. The minimum Gasteiger partial charge on any atom is -0.452 e. The van der Waals surface area contributed by atoms with Crippen LogP contribution in [0.15, 0.2) is 30.3 Å². The first-order valence-electron chi connectivity index (χ1n) is 8.19. The van der Waals surface area contributed by atoms with E-state index in [9.17, 15) is 18.0 Å². The number of nitriles is 1. The Labute approximate surface area is 152 Å². The highest BCUT2D eigenvalue weighted by atomic mass is 32.2. The molecule has 0 radical (unpaired) electrons. The highest BCUT2D eigenvalue weighted by molar-refractivity contribution is 7.91. The van der Waals surface area contributed by atoms with Gasteiger partial charge >= 0.3 is 5.97 Å². The van der Waals surface area contributed by atoms with Crippen molar-refractivity contribution in [1.29, 1.82) is 5.26 Å². The van der Waals surface area contributed by atoms with Crippen LogP contribution in [0.1, 0.15) is 24.5 Å². The van der Waals surface area contributed by atoms with Gasteiger partial charge < -0.3 is 9.64 Å². The smallest absolute Gasteiger partial charge is 0.331 e. The fourth-order valence-electron chi connectivity index (χ4n) is 2.76. The van der Waals surface area contributed by atoms with Crippen molar-refractivity contribution in [3.8, 4) is 6.07 Å². The van der Waals surface area contributed by atoms with Crippen LogP contribution >= 0.6 is 0 Å². The zero-order chi connectivity index (χ0) is 19.2. The molecule has 2 rings (SSSR count). The molecule has 1 aliphatic rings. The second-order valence-electron chi connectivity index (χ2n) is 5.91. The maximum atomic E-state index is 12.2. The van der Waals surface area contributed by atoms with E-state index < -0.39 is 28.3 Å². The van der Waals surface area contributed by atoms with Gasteiger partial charge in [-0.15, -0.1) is 0 Å². The molecule has 1 aromatic rings. The minimum absolute atomic E-state index is 0.0425. The second-order valence-corrected chi connectivity index (χ2v) is 8.14. The Morgan fingerprint density at radius 1 is 1.35 bits per heavy atom. The summed E-state index contributed by atoms with van der Waals surface area (Å²) in [5.74, 6) is -1.04. The molecule has 1 fully saturated rings. The van der Waals surface area contributed by atoms with Crippen LogP contribution in [-0.2, 0) is 24.2 Å². The van der Waals surface area contributed by atoms with Crippen LogP contribution in [-0.4, -0.2) is 55.9 Å². The normalized spacial score (nSPS) is 18.4. The standard InChI is InChI=1S/C18H20N2O5S/c1-2-20(16-9-10-26(23,24)13-16)17(21)12-25-18(22)8-7-14-3-5-15(11-19)6-4-14/h3-8,16H,2,9-10,12-13H2,1H3/b8-7+/t16-/m1/s1. The van der Waals surface area contributed by atoms with Crippen LogP contribution in [0.3, 0.4) is 0 Å². The van der Waals surface area contributed by atoms with Gasteiger partial charge in [0.15, 0.2) is 16.4 Å². The van der Waals surface area contributed by atoms with Gasteiger partial charge in [-0.2, -0.15) is 5.26 Å². The maximum absolute atomic E-state index is 12.2. The third kappa shape index (κ3) is 5.43. The van der Waals surface area contributed by atoms with E-state index in [1.807, 2.05) is 6.07 Å². The average molecular weight is 376 g/mol. The van der Waals surface area contributed by atoms with Crippen LogP contribution < -0.4 is 0 Å². The Kier molecular flexibility index (Phi) is 6.52. The number of likely N-dealkylation sites (N-methyl/N-ethyl adjacent to an activating group) is 1. The number of hydrogen-bond donors (Lipinski definition) is 0. The molecule has 0 spiro atoms. The molecule has 7 nitrogen and oxygen atoms in total. The number of nitrogens with zero attached hydrogens (tertiary/aromatic N) is 2. The molecule has 0 aromatic heterocycles. The highest BCUT2D eigenvalue weighted by Gasteiger charge is 2.34. The molecule has 0 N–H and O–H groups in total. The van der Waals surface area contributed by atoms with Crippen molar-refractivity contribution in [3.05, 3.63) is 41.5 Å². The third-order valence-corrected chi connectivity index (χ3v) is 5.85. The number of rotatable bonds is 6. The lowest BCUT2D eigenvalue weighted by Gasteiger charge is -2.26. The van der Waals surface area contributed by atoms with E-state index in [1.54, 1.807) is 31.2 Å². The summed E-state index contributed by atoms with van der Waals surface area (Å²) in [7, 11) is -3.09. The van der Waals surface area contributed by atoms with E-state index in [2.05, 4.69) is 0 Å². The summed E-state index contributed by atoms with van der Waals surface area (Å²) in [6.45, 7) is 1.69. The molecule has 1 atom stereocenters. The van der Waals surface area contributed by atoms with Crippen molar-refractivity contribution in [3.63, 3.8) is 0 Å². The Morgan fingerprint density at radius 3 is 2.58 bits per heavy atom. The molecular weight excluding hydrogens is 356 g/mol. The first-order chi connectivity index (χ1) is 12.3. The summed E-state index contributed by atoms with van der Waals surface area (Å²) >= 11 is 0. The summed E-state index contributed by atoms with van der Waals surface area (Å²) in [5, 5.41) is 8.73. The summed E-state index contributed by atoms with van der Waals surface area (Å²) < 4.78 is 28.1. The molecule has 0 aliphatic carbocycles. The van der Waals surface area contributed by atoms with Gasteiger partial charge in [0.05, 0.1) is 23.1 Å². The lowest BCUT2D eigenvalue weighted by atomic mass is 10.1. The Bertz CT molecular complexity index is 837. The lowest BCUT2D eigenvalue weighted by Crippen LogP contribution is -2.43. The first kappa shape index (κ1) is 19.7. The fraction of sp³-hybridized carbons (Fsp3) is 0.389. The number of carbonyl (C=O) groups excluding carboxylic acids is 2. The van der Waals surface area contributed by atoms with Gasteiger partial charge in [0.25, 0.3) is 5.91 Å². The molecular formula is C18H20N2O5S. The molecule has 1 aromatic carbocycles. The fourth-order valence-corrected chi connectivity index (χ4v) is 4.49. The van der Waals surface area contributed by atoms with E-state index in [4.69, 9.17) is 10.00 Å². The van der Waals surface area contributed by atoms with Crippen LogP contribution in [0.4, 0.5) is 0 Å². The monoisotopic (exact) mass is 376 g/mol. The van der Waals surface area contributed by atoms with Crippen molar-refractivity contribution in [2.24, 2.45) is 0 Å². The number of sulfone groups is 1. The summed E-state index contributed by atoms with van der Waals surface area (Å²) in [6.07, 6.45) is 3.13. The van der Waals surface area contributed by atoms with E-state index >= 15 is 0 Å². The van der Waals surface area contributed by atoms with Gasteiger partial charge in [-0.3, -0.25) is 4.79 Å². The van der Waals surface area contributed by atoms with Gasteiger partial charge in [-0.05, 0) is 37.1 Å². The zero-order valence-corrected chi connectivity index (χ0v) is 15.2. The molecule has 1 heterocycles. The van der Waals surface area contributed by atoms with E-state index in [0.717, 1.165) is 5.56 Å². The Balaban J connectivity index is 1.86. The summed E-state index contributed by atoms with van der Waals surface area (Å²) in [5.41, 5.74) is 1.24. The lowest BCUT2D eigenvalue weighted by molar-refractivity contribution is -0.149. The SMILES string of the molecule is CCN(C(=O)COC(=O)/C=C/c1ccc(C#N)cc1)[C@@H]1CCS(=O)(=O)C1. The van der Waals surface area contributed by atoms with Crippen LogP contribution in [0.5, 0.6) is 0 Å². The van der Waals surface area contributed by atoms with Crippen molar-refractivity contribution in [2.45, 2.75) is 19.4 Å². The van der Waals surface area contributed by atoms with E-state index in [1.165, 1.54) is 17.1 Å². The Morgan fingerprint density at radius 2 is 2.04 bits per heavy atom.